The Hall–Kier alpha value is -2.14. The molecule has 2 amide bonds. The van der Waals surface area contributed by atoms with Crippen molar-refractivity contribution in [3.05, 3.63) is 57.3 Å². The van der Waals surface area contributed by atoms with Crippen molar-refractivity contribution in [2.45, 2.75) is 71.3 Å². The van der Waals surface area contributed by atoms with Gasteiger partial charge in [0, 0.05) is 23.9 Å². The van der Waals surface area contributed by atoms with E-state index >= 15 is 0 Å². The summed E-state index contributed by atoms with van der Waals surface area (Å²) in [4.78, 5) is 32.3. The summed E-state index contributed by atoms with van der Waals surface area (Å²) in [5.41, 5.74) is 3.62. The second kappa shape index (κ2) is 10.7. The fourth-order valence-corrected chi connectivity index (χ4v) is 6.08. The van der Waals surface area contributed by atoms with Crippen LogP contribution in [-0.4, -0.2) is 41.2 Å². The Balaban J connectivity index is 1.56. The molecule has 4 nitrogen and oxygen atoms in total. The molecule has 1 atom stereocenters. The molecule has 0 bridgehead atoms. The van der Waals surface area contributed by atoms with E-state index in [1.807, 2.05) is 9.80 Å². The van der Waals surface area contributed by atoms with Gasteiger partial charge in [0.1, 0.15) is 0 Å². The fourth-order valence-electron chi connectivity index (χ4n) is 5.17. The largest absolute Gasteiger partial charge is 0.333 e. The number of nitrogens with zero attached hydrogens (tertiary/aromatic N) is 2. The normalized spacial score (nSPS) is 18.9. The zero-order valence-corrected chi connectivity index (χ0v) is 20.3. The van der Waals surface area contributed by atoms with E-state index in [4.69, 9.17) is 0 Å². The van der Waals surface area contributed by atoms with Gasteiger partial charge in [-0.25, -0.2) is 0 Å². The third-order valence-electron chi connectivity index (χ3n) is 7.05. The number of carbonyl (C=O) groups is 2. The molecule has 2 heterocycles. The highest BCUT2D eigenvalue weighted by atomic mass is 32.1. The van der Waals surface area contributed by atoms with Crippen LogP contribution in [0.25, 0.3) is 0 Å². The lowest BCUT2D eigenvalue weighted by Crippen LogP contribution is -2.48. The quantitative estimate of drug-likeness (QED) is 0.537. The second-order valence-electron chi connectivity index (χ2n) is 9.40. The van der Waals surface area contributed by atoms with Gasteiger partial charge in [-0.3, -0.25) is 9.59 Å². The molecule has 0 N–H and O–H groups in total. The average Bonchev–Trinajstić information content (AvgIpc) is 3.30. The highest BCUT2D eigenvalue weighted by molar-refractivity contribution is 7.10. The van der Waals surface area contributed by atoms with Crippen LogP contribution in [0.5, 0.6) is 0 Å². The van der Waals surface area contributed by atoms with E-state index in [1.54, 1.807) is 11.3 Å². The minimum atomic E-state index is -0.0593. The molecule has 1 fully saturated rings. The predicted octanol–water partition coefficient (Wildman–Crippen LogP) is 5.74. The highest BCUT2D eigenvalue weighted by Crippen LogP contribution is 2.38. The van der Waals surface area contributed by atoms with E-state index < -0.39 is 0 Å². The zero-order valence-electron chi connectivity index (χ0n) is 19.5. The van der Waals surface area contributed by atoms with Crippen LogP contribution in [0.2, 0.25) is 0 Å². The number of hydrogen-bond donors (Lipinski definition) is 0. The number of thiophene rings is 1. The minimum absolute atomic E-state index is 0.0593. The Bertz CT molecular complexity index is 914. The first-order valence-electron chi connectivity index (χ1n) is 12.3. The number of benzene rings is 1. The smallest absolute Gasteiger partial charge is 0.242 e. The Morgan fingerprint density at radius 2 is 1.84 bits per heavy atom. The van der Waals surface area contributed by atoms with Crippen molar-refractivity contribution in [3.63, 3.8) is 0 Å². The summed E-state index contributed by atoms with van der Waals surface area (Å²) in [6.07, 6.45) is 8.31. The van der Waals surface area contributed by atoms with Gasteiger partial charge in [0.15, 0.2) is 0 Å². The highest BCUT2D eigenvalue weighted by Gasteiger charge is 2.35. The van der Waals surface area contributed by atoms with Crippen molar-refractivity contribution >= 4 is 23.2 Å². The van der Waals surface area contributed by atoms with Crippen molar-refractivity contribution in [3.8, 4) is 0 Å². The van der Waals surface area contributed by atoms with E-state index in [0.717, 1.165) is 50.5 Å². The molecule has 1 unspecified atom stereocenters. The first-order valence-corrected chi connectivity index (χ1v) is 13.2. The van der Waals surface area contributed by atoms with Gasteiger partial charge in [0.25, 0.3) is 0 Å². The number of amides is 2. The van der Waals surface area contributed by atoms with E-state index in [9.17, 15) is 9.59 Å². The molecule has 32 heavy (non-hydrogen) atoms. The van der Waals surface area contributed by atoms with E-state index in [0.29, 0.717) is 13.1 Å². The summed E-state index contributed by atoms with van der Waals surface area (Å²) in [7, 11) is 0. The third kappa shape index (κ3) is 5.09. The van der Waals surface area contributed by atoms with Crippen LogP contribution in [0.15, 0.2) is 35.7 Å². The fraction of sp³-hybridized carbons (Fsp3) is 0.556. The first kappa shape index (κ1) is 23.0. The van der Waals surface area contributed by atoms with Crippen molar-refractivity contribution in [2.75, 3.05) is 19.6 Å². The van der Waals surface area contributed by atoms with Crippen LogP contribution < -0.4 is 0 Å². The van der Waals surface area contributed by atoms with Gasteiger partial charge in [-0.05, 0) is 55.2 Å². The van der Waals surface area contributed by atoms with Gasteiger partial charge in [0.2, 0.25) is 11.8 Å². The molecule has 5 heteroatoms. The third-order valence-corrected chi connectivity index (χ3v) is 8.05. The number of rotatable bonds is 7. The van der Waals surface area contributed by atoms with Gasteiger partial charge in [-0.1, -0.05) is 62.4 Å². The number of fused-ring (bicyclic) bond motifs is 1. The topological polar surface area (TPSA) is 40.6 Å². The Morgan fingerprint density at radius 3 is 2.56 bits per heavy atom. The average molecular weight is 453 g/mol. The Morgan fingerprint density at radius 1 is 1.09 bits per heavy atom. The first-order chi connectivity index (χ1) is 15.6. The maximum Gasteiger partial charge on any atom is 0.242 e. The molecule has 2 aliphatic rings. The van der Waals surface area contributed by atoms with Gasteiger partial charge in [-0.2, -0.15) is 0 Å². The maximum absolute atomic E-state index is 13.7. The summed E-state index contributed by atoms with van der Waals surface area (Å²) in [6, 6.07) is 10.7. The van der Waals surface area contributed by atoms with Crippen molar-refractivity contribution in [1.82, 2.24) is 9.80 Å². The molecule has 1 aromatic heterocycles. The van der Waals surface area contributed by atoms with Crippen LogP contribution in [0.4, 0.5) is 0 Å². The van der Waals surface area contributed by atoms with Gasteiger partial charge in [0.05, 0.1) is 12.6 Å². The van der Waals surface area contributed by atoms with Gasteiger partial charge in [-0.15, -0.1) is 11.3 Å². The lowest BCUT2D eigenvalue weighted by molar-refractivity contribution is -0.144. The number of carbonyl (C=O) groups excluding carboxylic acids is 2. The van der Waals surface area contributed by atoms with Crippen molar-refractivity contribution in [2.24, 2.45) is 5.92 Å². The summed E-state index contributed by atoms with van der Waals surface area (Å²) in [6.45, 7) is 5.83. The van der Waals surface area contributed by atoms with Crippen LogP contribution in [0.1, 0.15) is 79.5 Å². The van der Waals surface area contributed by atoms with Crippen molar-refractivity contribution in [1.29, 1.82) is 0 Å². The molecule has 0 saturated heterocycles. The molecule has 1 aromatic carbocycles. The van der Waals surface area contributed by atoms with Crippen LogP contribution >= 0.6 is 11.3 Å². The molecule has 1 aliphatic carbocycles. The van der Waals surface area contributed by atoms with Gasteiger partial charge < -0.3 is 9.80 Å². The molecule has 0 radical (unpaired) electrons. The lowest BCUT2D eigenvalue weighted by atomic mass is 9.88. The monoisotopic (exact) mass is 452 g/mol. The molecule has 0 spiro atoms. The Kier molecular flexibility index (Phi) is 7.67. The molecule has 1 aliphatic heterocycles. The van der Waals surface area contributed by atoms with E-state index in [2.05, 4.69) is 49.6 Å². The minimum Gasteiger partial charge on any atom is -0.333 e. The summed E-state index contributed by atoms with van der Waals surface area (Å²) >= 11 is 1.79. The van der Waals surface area contributed by atoms with E-state index in [1.165, 1.54) is 22.4 Å². The molecular weight excluding hydrogens is 416 g/mol. The molecular formula is C27H36N2O2S. The summed E-state index contributed by atoms with van der Waals surface area (Å²) < 4.78 is 0. The number of aryl methyl sites for hydroxylation is 1. The molecule has 2 aromatic rings. The van der Waals surface area contributed by atoms with Crippen LogP contribution in [0.3, 0.4) is 0 Å². The number of unbranched alkanes of at least 4 members (excludes halogenated alkanes) is 1. The van der Waals surface area contributed by atoms with Crippen LogP contribution in [0, 0.1) is 12.8 Å². The molecule has 1 saturated carbocycles. The maximum atomic E-state index is 13.7. The number of hydrogen-bond acceptors (Lipinski definition) is 3. The summed E-state index contributed by atoms with van der Waals surface area (Å²) in [5, 5.41) is 2.14. The standard InChI is InChI=1S/C27H36N2O2S/c1-3-4-16-28(27(31)22-8-6-5-7-9-22)19-25(30)29-17-14-24-23(15-18-32-24)26(29)21-12-10-20(2)11-13-21/h10-13,15,18,22,26H,3-9,14,16-17,19H2,1-2H3. The van der Waals surface area contributed by atoms with Gasteiger partial charge >= 0.3 is 0 Å². The summed E-state index contributed by atoms with van der Waals surface area (Å²) in [5.74, 6) is 0.380. The predicted molar refractivity (Wildman–Crippen MR) is 131 cm³/mol. The second-order valence-corrected chi connectivity index (χ2v) is 10.4. The zero-order chi connectivity index (χ0) is 22.5. The van der Waals surface area contributed by atoms with Crippen LogP contribution in [-0.2, 0) is 16.0 Å². The lowest BCUT2D eigenvalue weighted by Gasteiger charge is -2.38. The molecule has 172 valence electrons. The SMILES string of the molecule is CCCCN(CC(=O)N1CCc2sccc2C1c1ccc(C)cc1)C(=O)C1CCCCC1. The van der Waals surface area contributed by atoms with Crippen molar-refractivity contribution < 1.29 is 9.59 Å². The van der Waals surface area contributed by atoms with E-state index in [-0.39, 0.29) is 30.3 Å². The Labute approximate surface area is 196 Å². The molecule has 4 rings (SSSR count).